The van der Waals surface area contributed by atoms with Crippen LogP contribution in [0.25, 0.3) is 0 Å². The molecule has 3 N–H and O–H groups in total. The van der Waals surface area contributed by atoms with Crippen LogP contribution in [0, 0.1) is 10.1 Å². The number of phenolic OH excluding ortho intramolecular Hbond substituents is 3. The first-order valence-corrected chi connectivity index (χ1v) is 6.24. The summed E-state index contributed by atoms with van der Waals surface area (Å²) in [6.45, 7) is 3.66. The quantitative estimate of drug-likeness (QED) is 0.457. The van der Waals surface area contributed by atoms with Gasteiger partial charge >= 0.3 is 5.69 Å². The van der Waals surface area contributed by atoms with Gasteiger partial charge in [0.25, 0.3) is 0 Å². The Kier molecular flexibility index (Phi) is 3.47. The molecule has 2 rings (SSSR count). The van der Waals surface area contributed by atoms with Crippen molar-refractivity contribution in [2.24, 2.45) is 0 Å². The normalized spacial score (nSPS) is 11.3. The molecule has 0 aliphatic carbocycles. The zero-order chi connectivity index (χ0) is 15.8. The molecule has 0 bridgehead atoms. The Balaban J connectivity index is 2.55. The third-order valence-corrected chi connectivity index (χ3v) is 3.59. The van der Waals surface area contributed by atoms with Gasteiger partial charge in [-0.2, -0.15) is 0 Å². The monoisotopic (exact) mass is 289 g/mol. The summed E-state index contributed by atoms with van der Waals surface area (Å²) in [6, 6.07) is 8.57. The van der Waals surface area contributed by atoms with Gasteiger partial charge in [0.1, 0.15) is 0 Å². The van der Waals surface area contributed by atoms with E-state index in [4.69, 9.17) is 0 Å². The summed E-state index contributed by atoms with van der Waals surface area (Å²) >= 11 is 0. The van der Waals surface area contributed by atoms with Crippen LogP contribution in [0.3, 0.4) is 0 Å². The van der Waals surface area contributed by atoms with E-state index in [1.165, 1.54) is 24.3 Å². The van der Waals surface area contributed by atoms with Crippen LogP contribution < -0.4 is 0 Å². The van der Waals surface area contributed by atoms with Crippen molar-refractivity contribution in [1.82, 2.24) is 0 Å². The van der Waals surface area contributed by atoms with Crippen LogP contribution in [0.1, 0.15) is 25.0 Å². The fourth-order valence-electron chi connectivity index (χ4n) is 2.14. The zero-order valence-corrected chi connectivity index (χ0v) is 11.6. The molecule has 2 aromatic rings. The molecular formula is C15H15NO5. The van der Waals surface area contributed by atoms with E-state index in [1.54, 1.807) is 12.1 Å². The number of phenols is 3. The number of nitrogens with zero attached hydrogens (tertiary/aromatic N) is 1. The number of aromatic hydroxyl groups is 3. The highest BCUT2D eigenvalue weighted by Crippen LogP contribution is 2.38. The zero-order valence-electron chi connectivity index (χ0n) is 11.6. The first kappa shape index (κ1) is 14.6. The van der Waals surface area contributed by atoms with Gasteiger partial charge in [0.05, 0.1) is 4.92 Å². The van der Waals surface area contributed by atoms with E-state index in [0.717, 1.165) is 0 Å². The van der Waals surface area contributed by atoms with Crippen LogP contribution in [0.15, 0.2) is 36.4 Å². The molecule has 0 aromatic heterocycles. The summed E-state index contributed by atoms with van der Waals surface area (Å²) in [5, 5.41) is 39.4. The average molecular weight is 289 g/mol. The Labute approximate surface area is 121 Å². The van der Waals surface area contributed by atoms with E-state index in [-0.39, 0.29) is 17.2 Å². The summed E-state index contributed by atoms with van der Waals surface area (Å²) in [7, 11) is 0. The van der Waals surface area contributed by atoms with Crippen LogP contribution in [0.2, 0.25) is 0 Å². The van der Waals surface area contributed by atoms with Crippen molar-refractivity contribution in [2.45, 2.75) is 19.3 Å². The predicted octanol–water partition coefficient (Wildman–Crippen LogP) is 3.04. The number of benzene rings is 2. The van der Waals surface area contributed by atoms with Gasteiger partial charge in [-0.3, -0.25) is 10.1 Å². The van der Waals surface area contributed by atoms with Crippen molar-refractivity contribution >= 4 is 5.69 Å². The van der Waals surface area contributed by atoms with Gasteiger partial charge in [-0.05, 0) is 29.3 Å². The highest BCUT2D eigenvalue weighted by molar-refractivity contribution is 5.53. The lowest BCUT2D eigenvalue weighted by atomic mass is 9.78. The van der Waals surface area contributed by atoms with E-state index in [1.807, 2.05) is 13.8 Å². The molecule has 0 aliphatic heterocycles. The Hall–Kier alpha value is -2.76. The number of hydrogen-bond acceptors (Lipinski definition) is 5. The highest BCUT2D eigenvalue weighted by Gasteiger charge is 2.27. The molecule has 21 heavy (non-hydrogen) atoms. The highest BCUT2D eigenvalue weighted by atomic mass is 16.6. The minimum absolute atomic E-state index is 0.230. The fraction of sp³-hybridized carbons (Fsp3) is 0.200. The lowest BCUT2D eigenvalue weighted by Gasteiger charge is -2.26. The van der Waals surface area contributed by atoms with Crippen molar-refractivity contribution < 1.29 is 20.2 Å². The number of hydrogen-bond donors (Lipinski definition) is 3. The average Bonchev–Trinajstić information content (AvgIpc) is 2.41. The second kappa shape index (κ2) is 4.97. The third kappa shape index (κ3) is 2.60. The van der Waals surface area contributed by atoms with Crippen molar-refractivity contribution in [3.8, 4) is 17.2 Å². The van der Waals surface area contributed by atoms with Crippen molar-refractivity contribution in [1.29, 1.82) is 0 Å². The first-order valence-electron chi connectivity index (χ1n) is 6.24. The molecule has 6 nitrogen and oxygen atoms in total. The predicted molar refractivity (Wildman–Crippen MR) is 76.7 cm³/mol. The molecule has 0 atom stereocenters. The molecule has 0 radical (unpaired) electrons. The van der Waals surface area contributed by atoms with Gasteiger partial charge in [0.15, 0.2) is 17.2 Å². The summed E-state index contributed by atoms with van der Waals surface area (Å²) < 4.78 is 0. The van der Waals surface area contributed by atoms with Crippen molar-refractivity contribution in [3.05, 3.63) is 57.6 Å². The largest absolute Gasteiger partial charge is 0.504 e. The number of nitro benzene ring substituents is 1. The summed E-state index contributed by atoms with van der Waals surface area (Å²) in [5.74, 6) is -0.881. The summed E-state index contributed by atoms with van der Waals surface area (Å²) in [4.78, 5) is 10.3. The van der Waals surface area contributed by atoms with Gasteiger partial charge in [-0.15, -0.1) is 0 Å². The van der Waals surface area contributed by atoms with E-state index >= 15 is 0 Å². The van der Waals surface area contributed by atoms with Gasteiger partial charge in [0, 0.05) is 11.5 Å². The molecule has 0 amide bonds. The van der Waals surface area contributed by atoms with Crippen molar-refractivity contribution in [2.75, 3.05) is 0 Å². The van der Waals surface area contributed by atoms with E-state index in [2.05, 4.69) is 0 Å². The standard InChI is InChI=1S/C15H15NO5/c1-15(2,10-4-6-13(18)14(19)8-10)9-3-5-12(17)11(7-9)16(20)21/h3-8,17-19H,1-2H3. The maximum Gasteiger partial charge on any atom is 0.310 e. The Morgan fingerprint density at radius 2 is 1.43 bits per heavy atom. The molecule has 0 unspecified atom stereocenters. The Morgan fingerprint density at radius 3 is 1.95 bits per heavy atom. The Morgan fingerprint density at radius 1 is 0.905 bits per heavy atom. The summed E-state index contributed by atoms with van der Waals surface area (Å²) in [5.41, 5.74) is 0.266. The molecular weight excluding hydrogens is 274 g/mol. The van der Waals surface area contributed by atoms with Gasteiger partial charge in [-0.1, -0.05) is 26.0 Å². The molecule has 0 saturated heterocycles. The molecule has 6 heteroatoms. The van der Waals surface area contributed by atoms with E-state index < -0.39 is 16.1 Å². The maximum absolute atomic E-state index is 10.9. The van der Waals surface area contributed by atoms with Crippen molar-refractivity contribution in [3.63, 3.8) is 0 Å². The number of nitro groups is 1. The molecule has 110 valence electrons. The van der Waals surface area contributed by atoms with Crippen LogP contribution in [-0.4, -0.2) is 20.2 Å². The fourth-order valence-corrected chi connectivity index (χ4v) is 2.14. The lowest BCUT2D eigenvalue weighted by molar-refractivity contribution is -0.386. The SMILES string of the molecule is CC(C)(c1ccc(O)c(O)c1)c1ccc(O)c([N+](=O)[O-])c1. The molecule has 0 saturated carbocycles. The van der Waals surface area contributed by atoms with E-state index in [0.29, 0.717) is 11.1 Å². The van der Waals surface area contributed by atoms with Crippen LogP contribution >= 0.6 is 0 Å². The molecule has 2 aromatic carbocycles. The van der Waals surface area contributed by atoms with Crippen LogP contribution in [-0.2, 0) is 5.41 Å². The maximum atomic E-state index is 10.9. The second-order valence-electron chi connectivity index (χ2n) is 5.29. The number of rotatable bonds is 3. The van der Waals surface area contributed by atoms with E-state index in [9.17, 15) is 25.4 Å². The van der Waals surface area contributed by atoms with Crippen LogP contribution in [0.4, 0.5) is 5.69 Å². The smallest absolute Gasteiger partial charge is 0.310 e. The molecule has 0 fully saturated rings. The summed E-state index contributed by atoms with van der Waals surface area (Å²) in [6.07, 6.45) is 0. The minimum atomic E-state index is -0.650. The van der Waals surface area contributed by atoms with Crippen LogP contribution in [0.5, 0.6) is 17.2 Å². The lowest BCUT2D eigenvalue weighted by Crippen LogP contribution is -2.18. The molecule has 0 spiro atoms. The first-order chi connectivity index (χ1) is 9.73. The van der Waals surface area contributed by atoms with Gasteiger partial charge < -0.3 is 15.3 Å². The Bertz CT molecular complexity index is 709. The van der Waals surface area contributed by atoms with Gasteiger partial charge in [-0.25, -0.2) is 0 Å². The third-order valence-electron chi connectivity index (χ3n) is 3.59. The van der Waals surface area contributed by atoms with Gasteiger partial charge in [0.2, 0.25) is 0 Å². The minimum Gasteiger partial charge on any atom is -0.504 e. The molecule has 0 heterocycles. The second-order valence-corrected chi connectivity index (χ2v) is 5.29. The topological polar surface area (TPSA) is 104 Å². The molecule has 0 aliphatic rings.